The van der Waals surface area contributed by atoms with Crippen molar-refractivity contribution in [2.45, 2.75) is 45.1 Å². The Balaban J connectivity index is 1.55. The van der Waals surface area contributed by atoms with E-state index >= 15 is 0 Å². The van der Waals surface area contributed by atoms with E-state index in [1.165, 1.54) is 38.8 Å². The minimum absolute atomic E-state index is 0.133. The molecule has 0 unspecified atom stereocenters. The number of hydrogen-bond acceptors (Lipinski definition) is 5. The fourth-order valence-corrected chi connectivity index (χ4v) is 4.26. The number of esters is 1. The van der Waals surface area contributed by atoms with Gasteiger partial charge in [0.1, 0.15) is 0 Å². The first-order valence-corrected chi connectivity index (χ1v) is 10.2. The summed E-state index contributed by atoms with van der Waals surface area (Å²) < 4.78 is 4.67. The van der Waals surface area contributed by atoms with E-state index in [1.807, 2.05) is 0 Å². The number of anilines is 1. The van der Waals surface area contributed by atoms with Crippen LogP contribution in [-0.4, -0.2) is 55.0 Å². The molecular formula is C21H29N3O4. The highest BCUT2D eigenvalue weighted by Gasteiger charge is 2.32. The van der Waals surface area contributed by atoms with Crippen LogP contribution in [0.5, 0.6) is 0 Å². The number of amides is 2. The van der Waals surface area contributed by atoms with Crippen LogP contribution in [0, 0.1) is 5.92 Å². The second-order valence-corrected chi connectivity index (χ2v) is 7.47. The van der Waals surface area contributed by atoms with Crippen LogP contribution in [-0.2, 0) is 14.3 Å². The van der Waals surface area contributed by atoms with Gasteiger partial charge in [-0.15, -0.1) is 0 Å². The second-order valence-electron chi connectivity index (χ2n) is 7.47. The molecule has 2 saturated heterocycles. The minimum Gasteiger partial charge on any atom is -0.459 e. The zero-order chi connectivity index (χ0) is 19.9. The molecular weight excluding hydrogens is 358 g/mol. The Morgan fingerprint density at radius 2 is 1.96 bits per heavy atom. The van der Waals surface area contributed by atoms with Crippen LogP contribution in [0.2, 0.25) is 0 Å². The summed E-state index contributed by atoms with van der Waals surface area (Å²) in [7, 11) is 0. The van der Waals surface area contributed by atoms with Gasteiger partial charge in [0.25, 0.3) is 5.91 Å². The zero-order valence-electron chi connectivity index (χ0n) is 16.4. The van der Waals surface area contributed by atoms with E-state index in [1.54, 1.807) is 31.2 Å². The Hall–Kier alpha value is -2.41. The highest BCUT2D eigenvalue weighted by Crippen LogP contribution is 2.30. The zero-order valence-corrected chi connectivity index (χ0v) is 16.4. The molecule has 0 aromatic heterocycles. The Labute approximate surface area is 165 Å². The van der Waals surface area contributed by atoms with Gasteiger partial charge in [-0.25, -0.2) is 4.79 Å². The summed E-state index contributed by atoms with van der Waals surface area (Å²) in [4.78, 5) is 38.4. The fourth-order valence-electron chi connectivity index (χ4n) is 4.26. The summed E-state index contributed by atoms with van der Waals surface area (Å²) >= 11 is 0. The average Bonchev–Trinajstić information content (AvgIpc) is 2.72. The van der Waals surface area contributed by atoms with Gasteiger partial charge in [-0.2, -0.15) is 0 Å². The summed E-state index contributed by atoms with van der Waals surface area (Å²) in [6.07, 6.45) is 6.10. The van der Waals surface area contributed by atoms with Crippen molar-refractivity contribution in [2.24, 2.45) is 5.92 Å². The van der Waals surface area contributed by atoms with Gasteiger partial charge < -0.3 is 20.3 Å². The lowest BCUT2D eigenvalue weighted by Gasteiger charge is -2.44. The Bertz CT molecular complexity index is 719. The number of carbonyl (C=O) groups is 3. The van der Waals surface area contributed by atoms with Crippen molar-refractivity contribution in [3.05, 3.63) is 29.8 Å². The number of nitrogens with zero attached hydrogens (tertiary/aromatic N) is 1. The van der Waals surface area contributed by atoms with Crippen LogP contribution in [0.4, 0.5) is 5.69 Å². The van der Waals surface area contributed by atoms with E-state index in [9.17, 15) is 14.4 Å². The van der Waals surface area contributed by atoms with Crippen molar-refractivity contribution in [1.29, 1.82) is 0 Å². The number of nitrogens with one attached hydrogen (secondary N) is 2. The molecule has 2 atom stereocenters. The Morgan fingerprint density at radius 1 is 1.14 bits per heavy atom. The number of hydrogen-bond donors (Lipinski definition) is 2. The van der Waals surface area contributed by atoms with Crippen LogP contribution in [0.3, 0.4) is 0 Å². The van der Waals surface area contributed by atoms with Crippen molar-refractivity contribution >= 4 is 23.5 Å². The third-order valence-corrected chi connectivity index (χ3v) is 5.60. The number of carbonyl (C=O) groups excluding carboxylic acids is 3. The summed E-state index contributed by atoms with van der Waals surface area (Å²) in [5.74, 6) is -1.46. The molecule has 1 aromatic carbocycles. The first-order valence-electron chi connectivity index (χ1n) is 10.2. The summed E-state index contributed by atoms with van der Waals surface area (Å²) in [6, 6.07) is 7.16. The van der Waals surface area contributed by atoms with Gasteiger partial charge in [-0.1, -0.05) is 12.5 Å². The van der Waals surface area contributed by atoms with Crippen LogP contribution in [0.15, 0.2) is 24.3 Å². The lowest BCUT2D eigenvalue weighted by Crippen LogP contribution is -2.51. The number of rotatable bonds is 5. The molecule has 7 heteroatoms. The molecule has 1 aromatic rings. The average molecular weight is 387 g/mol. The summed E-state index contributed by atoms with van der Waals surface area (Å²) in [5, 5.41) is 5.52. The van der Waals surface area contributed by atoms with Crippen LogP contribution >= 0.6 is 0 Å². The van der Waals surface area contributed by atoms with Crippen molar-refractivity contribution in [2.75, 3.05) is 31.6 Å². The molecule has 0 aliphatic carbocycles. The van der Waals surface area contributed by atoms with Gasteiger partial charge in [0.15, 0.2) is 0 Å². The highest BCUT2D eigenvalue weighted by molar-refractivity contribution is 6.37. The fraction of sp³-hybridized carbons (Fsp3) is 0.571. The number of benzene rings is 1. The topological polar surface area (TPSA) is 87.7 Å². The smallest absolute Gasteiger partial charge is 0.397 e. The normalized spacial score (nSPS) is 22.0. The van der Waals surface area contributed by atoms with E-state index in [-0.39, 0.29) is 12.5 Å². The maximum absolute atomic E-state index is 12.6. The standard InChI is InChI=1S/C21H29N3O4/c1-2-28-21(27)20(26)23-17-9-5-7-15(13-17)19(25)22-14-16-8-6-12-24-11-4-3-10-18(16)24/h5,7,9,13,16,18H,2-4,6,8,10-12,14H2,1H3,(H,22,25)(H,23,26)/t16-,18+/m0/s1. The highest BCUT2D eigenvalue weighted by atomic mass is 16.5. The molecule has 2 fully saturated rings. The summed E-state index contributed by atoms with van der Waals surface area (Å²) in [5.41, 5.74) is 0.847. The van der Waals surface area contributed by atoms with E-state index in [0.717, 1.165) is 6.42 Å². The Morgan fingerprint density at radius 3 is 2.79 bits per heavy atom. The maximum atomic E-state index is 12.6. The van der Waals surface area contributed by atoms with Gasteiger partial charge in [-0.3, -0.25) is 9.59 Å². The van der Waals surface area contributed by atoms with E-state index in [0.29, 0.717) is 29.8 Å². The predicted octanol–water partition coefficient (Wildman–Crippen LogP) is 2.18. The predicted molar refractivity (Wildman–Crippen MR) is 106 cm³/mol. The Kier molecular flexibility index (Phi) is 7.03. The van der Waals surface area contributed by atoms with Gasteiger partial charge in [0.2, 0.25) is 0 Å². The van der Waals surface area contributed by atoms with Gasteiger partial charge >= 0.3 is 11.9 Å². The number of fused-ring (bicyclic) bond motifs is 1. The molecule has 0 bridgehead atoms. The quantitative estimate of drug-likeness (QED) is 0.597. The van der Waals surface area contributed by atoms with Gasteiger partial charge in [0, 0.05) is 23.8 Å². The minimum atomic E-state index is -0.938. The van der Waals surface area contributed by atoms with Crippen LogP contribution in [0.25, 0.3) is 0 Å². The molecule has 3 rings (SSSR count). The first kappa shape index (κ1) is 20.3. The molecule has 0 radical (unpaired) electrons. The first-order chi connectivity index (χ1) is 13.6. The monoisotopic (exact) mass is 387 g/mol. The van der Waals surface area contributed by atoms with Crippen LogP contribution in [0.1, 0.15) is 49.4 Å². The van der Waals surface area contributed by atoms with Crippen molar-refractivity contribution in [3.63, 3.8) is 0 Å². The second kappa shape index (κ2) is 9.68. The molecule has 2 heterocycles. The lowest BCUT2D eigenvalue weighted by atomic mass is 9.83. The van der Waals surface area contributed by atoms with Crippen molar-refractivity contribution in [3.8, 4) is 0 Å². The molecule has 0 spiro atoms. The molecule has 2 aliphatic rings. The van der Waals surface area contributed by atoms with E-state index in [2.05, 4.69) is 20.3 Å². The molecule has 28 heavy (non-hydrogen) atoms. The van der Waals surface area contributed by atoms with Crippen molar-refractivity contribution < 1.29 is 19.1 Å². The third kappa shape index (κ3) is 5.10. The largest absolute Gasteiger partial charge is 0.459 e. The van der Waals surface area contributed by atoms with E-state index < -0.39 is 11.9 Å². The molecule has 152 valence electrons. The third-order valence-electron chi connectivity index (χ3n) is 5.60. The number of ether oxygens (including phenoxy) is 1. The van der Waals surface area contributed by atoms with Gasteiger partial charge in [0.05, 0.1) is 6.61 Å². The molecule has 2 N–H and O–H groups in total. The van der Waals surface area contributed by atoms with Crippen molar-refractivity contribution in [1.82, 2.24) is 10.2 Å². The molecule has 2 aliphatic heterocycles. The van der Waals surface area contributed by atoms with Crippen LogP contribution < -0.4 is 10.6 Å². The summed E-state index contributed by atoms with van der Waals surface area (Å²) in [6.45, 7) is 4.79. The number of piperidine rings is 2. The molecule has 7 nitrogen and oxygen atoms in total. The molecule has 2 amide bonds. The van der Waals surface area contributed by atoms with E-state index in [4.69, 9.17) is 0 Å². The SMILES string of the molecule is CCOC(=O)C(=O)Nc1cccc(C(=O)NC[C@@H]2CCCN3CCCC[C@H]23)c1. The lowest BCUT2D eigenvalue weighted by molar-refractivity contribution is -0.152. The molecule has 0 saturated carbocycles. The van der Waals surface area contributed by atoms with Gasteiger partial charge in [-0.05, 0) is 69.8 Å². The maximum Gasteiger partial charge on any atom is 0.397 e.